The number of anilines is 1. The third-order valence-corrected chi connectivity index (χ3v) is 6.66. The van der Waals surface area contributed by atoms with Crippen LogP contribution in [0.1, 0.15) is 58.1 Å². The van der Waals surface area contributed by atoms with Crippen LogP contribution >= 0.6 is 0 Å². The second kappa shape index (κ2) is 7.94. The fraction of sp³-hybridized carbons (Fsp3) is 0.652. The molecule has 1 aromatic rings. The van der Waals surface area contributed by atoms with Crippen molar-refractivity contribution in [2.45, 2.75) is 52.5 Å². The van der Waals surface area contributed by atoms with Crippen molar-refractivity contribution in [3.63, 3.8) is 0 Å². The lowest BCUT2D eigenvalue weighted by molar-refractivity contribution is 0.0439. The minimum absolute atomic E-state index is 0.0255. The average molecular weight is 372 g/mol. The maximum Gasteiger partial charge on any atom is 0.0558 e. The van der Waals surface area contributed by atoms with Gasteiger partial charge in [-0.05, 0) is 61.8 Å². The molecule has 1 heterocycles. The number of nitrogens with two attached hydrogens (primary N) is 1. The van der Waals surface area contributed by atoms with Crippen LogP contribution in [0.4, 0.5) is 5.69 Å². The number of aliphatic hydroxyl groups excluding tert-OH is 1. The Bertz CT molecular complexity index is 685. The third kappa shape index (κ3) is 4.56. The largest absolute Gasteiger partial charge is 0.398 e. The molecule has 0 spiro atoms. The maximum atomic E-state index is 9.16. The number of β-amino-alcohol motifs (C(OH)–C–C–N with tert-alkyl or cyclic N) is 1. The molecule has 1 aromatic carbocycles. The molecule has 0 amide bonds. The van der Waals surface area contributed by atoms with Crippen LogP contribution in [0.15, 0.2) is 24.3 Å². The third-order valence-electron chi connectivity index (χ3n) is 6.66. The Morgan fingerprint density at radius 2 is 1.85 bits per heavy atom. The molecule has 1 aliphatic carbocycles. The maximum absolute atomic E-state index is 9.16. The van der Waals surface area contributed by atoms with Gasteiger partial charge in [0.2, 0.25) is 0 Å². The van der Waals surface area contributed by atoms with Gasteiger partial charge >= 0.3 is 0 Å². The van der Waals surface area contributed by atoms with E-state index in [1.807, 2.05) is 0 Å². The quantitative estimate of drug-likeness (QED) is 0.775. The Hall–Kier alpha value is -1.36. The van der Waals surface area contributed by atoms with E-state index in [-0.39, 0.29) is 12.1 Å². The van der Waals surface area contributed by atoms with E-state index in [0.29, 0.717) is 5.41 Å². The van der Waals surface area contributed by atoms with Crippen molar-refractivity contribution in [2.75, 3.05) is 45.1 Å². The minimum atomic E-state index is -0.0255. The average Bonchev–Trinajstić information content (AvgIpc) is 2.63. The second-order valence-corrected chi connectivity index (χ2v) is 9.51. The summed E-state index contributed by atoms with van der Waals surface area (Å²) < 4.78 is 0. The van der Waals surface area contributed by atoms with Gasteiger partial charge in [-0.1, -0.05) is 26.0 Å². The highest BCUT2D eigenvalue weighted by atomic mass is 16.3. The zero-order valence-corrected chi connectivity index (χ0v) is 17.6. The van der Waals surface area contributed by atoms with Crippen molar-refractivity contribution < 1.29 is 5.11 Å². The van der Waals surface area contributed by atoms with Crippen LogP contribution in [0.5, 0.6) is 0 Å². The van der Waals surface area contributed by atoms with Crippen LogP contribution in [-0.2, 0) is 5.54 Å². The van der Waals surface area contributed by atoms with E-state index < -0.39 is 0 Å². The molecule has 1 saturated heterocycles. The van der Waals surface area contributed by atoms with Gasteiger partial charge < -0.3 is 10.8 Å². The fourth-order valence-electron chi connectivity index (χ4n) is 4.39. The molecule has 0 unspecified atom stereocenters. The summed E-state index contributed by atoms with van der Waals surface area (Å²) in [5.74, 6) is 0. The molecule has 4 heteroatoms. The van der Waals surface area contributed by atoms with Crippen molar-refractivity contribution in [3.8, 4) is 0 Å². The van der Waals surface area contributed by atoms with Crippen LogP contribution in [0.25, 0.3) is 5.57 Å². The predicted octanol–water partition coefficient (Wildman–Crippen LogP) is 3.71. The monoisotopic (exact) mass is 371 g/mol. The normalized spacial score (nSPS) is 21.9. The number of nitrogen functional groups attached to an aromatic ring is 1. The van der Waals surface area contributed by atoms with Crippen LogP contribution in [0, 0.1) is 5.41 Å². The van der Waals surface area contributed by atoms with Crippen molar-refractivity contribution >= 4 is 11.3 Å². The molecule has 3 rings (SSSR count). The summed E-state index contributed by atoms with van der Waals surface area (Å²) in [6.07, 6.45) is 5.86. The van der Waals surface area contributed by atoms with Gasteiger partial charge in [-0.15, -0.1) is 0 Å². The van der Waals surface area contributed by atoms with E-state index in [4.69, 9.17) is 10.8 Å². The summed E-state index contributed by atoms with van der Waals surface area (Å²) in [6.45, 7) is 14.5. The number of aliphatic hydroxyl groups is 1. The molecule has 4 nitrogen and oxygen atoms in total. The zero-order valence-electron chi connectivity index (χ0n) is 17.6. The summed E-state index contributed by atoms with van der Waals surface area (Å²) in [4.78, 5) is 4.91. The summed E-state index contributed by atoms with van der Waals surface area (Å²) in [5.41, 5.74) is 11.6. The van der Waals surface area contributed by atoms with Gasteiger partial charge in [0.1, 0.15) is 0 Å². The van der Waals surface area contributed by atoms with E-state index in [2.05, 4.69) is 61.8 Å². The molecule has 2 aliphatic rings. The van der Waals surface area contributed by atoms with Gasteiger partial charge in [0.15, 0.2) is 0 Å². The SMILES string of the molecule is CC1(C)CC=C(c2cc(C(C)(C)N3CCN(CCO)CC3)ccc2N)CC1. The first-order valence-corrected chi connectivity index (χ1v) is 10.4. The lowest BCUT2D eigenvalue weighted by atomic mass is 9.76. The molecule has 0 saturated carbocycles. The molecular formula is C23H37N3O. The second-order valence-electron chi connectivity index (χ2n) is 9.51. The lowest BCUT2D eigenvalue weighted by Gasteiger charge is -2.44. The van der Waals surface area contributed by atoms with Crippen molar-refractivity contribution in [1.29, 1.82) is 0 Å². The van der Waals surface area contributed by atoms with E-state index in [9.17, 15) is 0 Å². The Labute approximate surface area is 165 Å². The van der Waals surface area contributed by atoms with E-state index >= 15 is 0 Å². The standard InChI is InChI=1S/C23H37N3O/c1-22(2)9-7-18(8-10-22)20-17-19(5-6-21(20)24)23(3,4)26-13-11-25(12-14-26)15-16-27/h5-7,17,27H,8-16,24H2,1-4H3. The number of nitrogens with zero attached hydrogens (tertiary/aromatic N) is 2. The van der Waals surface area contributed by atoms with Gasteiger partial charge in [-0.2, -0.15) is 0 Å². The molecule has 1 aliphatic heterocycles. The highest BCUT2D eigenvalue weighted by molar-refractivity contribution is 5.76. The molecular weight excluding hydrogens is 334 g/mol. The molecule has 0 atom stereocenters. The number of hydrogen-bond acceptors (Lipinski definition) is 4. The summed E-state index contributed by atoms with van der Waals surface area (Å²) in [6, 6.07) is 6.63. The Kier molecular flexibility index (Phi) is 5.99. The number of benzene rings is 1. The molecule has 0 aromatic heterocycles. The zero-order chi connectivity index (χ0) is 19.7. The van der Waals surface area contributed by atoms with Crippen molar-refractivity contribution in [2.24, 2.45) is 5.41 Å². The summed E-state index contributed by atoms with van der Waals surface area (Å²) in [5, 5.41) is 9.16. The molecule has 1 fully saturated rings. The van der Waals surface area contributed by atoms with Crippen LogP contribution < -0.4 is 5.73 Å². The first kappa shape index (κ1) is 20.4. The van der Waals surface area contributed by atoms with Crippen molar-refractivity contribution in [3.05, 3.63) is 35.4 Å². The van der Waals surface area contributed by atoms with Crippen LogP contribution in [0.3, 0.4) is 0 Å². The molecule has 0 bridgehead atoms. The molecule has 150 valence electrons. The summed E-state index contributed by atoms with van der Waals surface area (Å²) in [7, 11) is 0. The topological polar surface area (TPSA) is 52.7 Å². The van der Waals surface area contributed by atoms with Gasteiger partial charge in [0.05, 0.1) is 6.61 Å². The highest BCUT2D eigenvalue weighted by Crippen LogP contribution is 2.40. The van der Waals surface area contributed by atoms with Gasteiger partial charge in [0, 0.05) is 49.5 Å². The van der Waals surface area contributed by atoms with Crippen molar-refractivity contribution in [1.82, 2.24) is 9.80 Å². The van der Waals surface area contributed by atoms with Gasteiger partial charge in [-0.25, -0.2) is 0 Å². The number of rotatable bonds is 5. The Morgan fingerprint density at radius 3 is 2.44 bits per heavy atom. The van der Waals surface area contributed by atoms with Crippen LogP contribution in [-0.4, -0.2) is 54.2 Å². The number of hydrogen-bond donors (Lipinski definition) is 2. The first-order valence-electron chi connectivity index (χ1n) is 10.4. The lowest BCUT2D eigenvalue weighted by Crippen LogP contribution is -2.53. The van der Waals surface area contributed by atoms with E-state index in [1.54, 1.807) is 0 Å². The summed E-state index contributed by atoms with van der Waals surface area (Å²) >= 11 is 0. The molecule has 0 radical (unpaired) electrons. The molecule has 27 heavy (non-hydrogen) atoms. The Morgan fingerprint density at radius 1 is 1.15 bits per heavy atom. The van der Waals surface area contributed by atoms with Gasteiger partial charge in [0.25, 0.3) is 0 Å². The fourth-order valence-corrected chi connectivity index (χ4v) is 4.39. The minimum Gasteiger partial charge on any atom is -0.398 e. The highest BCUT2D eigenvalue weighted by Gasteiger charge is 2.32. The number of allylic oxidation sites excluding steroid dienone is 2. The Balaban J connectivity index is 1.80. The van der Waals surface area contributed by atoms with E-state index in [1.165, 1.54) is 23.1 Å². The molecule has 3 N–H and O–H groups in total. The smallest absolute Gasteiger partial charge is 0.0558 e. The van der Waals surface area contributed by atoms with E-state index in [0.717, 1.165) is 51.3 Å². The number of piperazine rings is 1. The first-order chi connectivity index (χ1) is 12.7. The van der Waals surface area contributed by atoms with Crippen LogP contribution in [0.2, 0.25) is 0 Å². The van der Waals surface area contributed by atoms with Gasteiger partial charge in [-0.3, -0.25) is 9.80 Å². The predicted molar refractivity (Wildman–Crippen MR) is 115 cm³/mol.